The Kier molecular flexibility index (Phi) is 6.02. The molecule has 2 aromatic carbocycles. The van der Waals surface area contributed by atoms with Gasteiger partial charge in [-0.05, 0) is 49.0 Å². The van der Waals surface area contributed by atoms with Gasteiger partial charge < -0.3 is 9.15 Å². The number of benzene rings is 2. The Bertz CT molecular complexity index is 1270. The molecule has 0 atom stereocenters. The van der Waals surface area contributed by atoms with E-state index in [1.807, 2.05) is 6.92 Å². The third-order valence-corrected chi connectivity index (χ3v) is 5.71. The van der Waals surface area contributed by atoms with Crippen LogP contribution in [0.4, 0.5) is 16.2 Å². The van der Waals surface area contributed by atoms with Crippen molar-refractivity contribution in [1.29, 1.82) is 0 Å². The van der Waals surface area contributed by atoms with Crippen molar-refractivity contribution in [2.75, 3.05) is 11.5 Å². The number of carbonyl (C=O) groups excluding carboxylic acids is 2. The molecule has 32 heavy (non-hydrogen) atoms. The van der Waals surface area contributed by atoms with Crippen LogP contribution in [0.25, 0.3) is 17.4 Å². The van der Waals surface area contributed by atoms with E-state index >= 15 is 0 Å². The van der Waals surface area contributed by atoms with Crippen molar-refractivity contribution >= 4 is 52.0 Å². The standard InChI is InChI=1S/C22H15ClN2O6S/c1-2-30-19-6-4-3-5-17(19)24-21(26)20(32-22(24)27)12-14-8-10-18(31-14)15-9-7-13(25(28)29)11-16(15)23/h3-12H,2H2,1H3/b20-12+. The van der Waals surface area contributed by atoms with E-state index in [0.29, 0.717) is 35.1 Å². The van der Waals surface area contributed by atoms with Gasteiger partial charge >= 0.3 is 0 Å². The minimum absolute atomic E-state index is 0.133. The normalized spacial score (nSPS) is 14.9. The zero-order valence-corrected chi connectivity index (χ0v) is 18.2. The number of carbonyl (C=O) groups is 2. The van der Waals surface area contributed by atoms with E-state index < -0.39 is 16.1 Å². The lowest BCUT2D eigenvalue weighted by molar-refractivity contribution is -0.384. The molecule has 1 saturated heterocycles. The second-order valence-corrected chi connectivity index (χ2v) is 7.94. The Hall–Kier alpha value is -3.56. The Morgan fingerprint density at radius 2 is 1.97 bits per heavy atom. The molecule has 4 rings (SSSR count). The van der Waals surface area contributed by atoms with Gasteiger partial charge in [0.1, 0.15) is 17.3 Å². The zero-order valence-electron chi connectivity index (χ0n) is 16.6. The SMILES string of the molecule is CCOc1ccccc1N1C(=O)S/C(=C/c2ccc(-c3ccc([N+](=O)[O-])cc3Cl)o2)C1=O. The topological polar surface area (TPSA) is 103 Å². The predicted molar refractivity (Wildman–Crippen MR) is 122 cm³/mol. The quantitative estimate of drug-likeness (QED) is 0.242. The zero-order chi connectivity index (χ0) is 22.8. The van der Waals surface area contributed by atoms with Gasteiger partial charge in [-0.2, -0.15) is 0 Å². The molecule has 0 N–H and O–H groups in total. The fourth-order valence-electron chi connectivity index (χ4n) is 3.12. The number of non-ortho nitro benzene ring substituents is 1. The number of hydrogen-bond donors (Lipinski definition) is 0. The van der Waals surface area contributed by atoms with Crippen LogP contribution < -0.4 is 9.64 Å². The summed E-state index contributed by atoms with van der Waals surface area (Å²) in [5.74, 6) is 0.653. The largest absolute Gasteiger partial charge is 0.492 e. The fraction of sp³-hybridized carbons (Fsp3) is 0.0909. The number of thioether (sulfide) groups is 1. The highest BCUT2D eigenvalue weighted by Crippen LogP contribution is 2.40. The molecule has 0 radical (unpaired) electrons. The van der Waals surface area contributed by atoms with Crippen molar-refractivity contribution in [2.24, 2.45) is 0 Å². The molecule has 162 valence electrons. The minimum atomic E-state index is -0.539. The number of rotatable bonds is 6. The molecular weight excluding hydrogens is 456 g/mol. The molecule has 1 fully saturated rings. The summed E-state index contributed by atoms with van der Waals surface area (Å²) >= 11 is 6.95. The van der Waals surface area contributed by atoms with Crippen molar-refractivity contribution in [2.45, 2.75) is 6.92 Å². The van der Waals surface area contributed by atoms with Crippen LogP contribution >= 0.6 is 23.4 Å². The Labute approximate surface area is 191 Å². The second kappa shape index (κ2) is 8.89. The van der Waals surface area contributed by atoms with Crippen LogP contribution in [0.15, 0.2) is 63.9 Å². The molecule has 8 nitrogen and oxygen atoms in total. The average Bonchev–Trinajstić information content (AvgIpc) is 3.33. The third-order valence-electron chi connectivity index (χ3n) is 4.53. The van der Waals surface area contributed by atoms with Crippen LogP contribution in [0.1, 0.15) is 12.7 Å². The number of imide groups is 1. The first-order valence-corrected chi connectivity index (χ1v) is 10.6. The summed E-state index contributed by atoms with van der Waals surface area (Å²) in [5.41, 5.74) is 0.709. The molecule has 10 heteroatoms. The lowest BCUT2D eigenvalue weighted by atomic mass is 10.1. The van der Waals surface area contributed by atoms with Crippen molar-refractivity contribution in [1.82, 2.24) is 0 Å². The average molecular weight is 471 g/mol. The van der Waals surface area contributed by atoms with Crippen LogP contribution in [0.5, 0.6) is 5.75 Å². The number of amides is 2. The lowest BCUT2D eigenvalue weighted by Crippen LogP contribution is -2.28. The number of anilines is 1. The van der Waals surface area contributed by atoms with E-state index in [1.54, 1.807) is 36.4 Å². The maximum atomic E-state index is 12.9. The van der Waals surface area contributed by atoms with E-state index in [0.717, 1.165) is 16.7 Å². The molecule has 0 unspecified atom stereocenters. The molecule has 0 bridgehead atoms. The molecule has 2 amide bonds. The Morgan fingerprint density at radius 1 is 1.19 bits per heavy atom. The number of para-hydroxylation sites is 2. The van der Waals surface area contributed by atoms with Crippen molar-refractivity contribution in [3.8, 4) is 17.1 Å². The molecule has 3 aromatic rings. The Morgan fingerprint density at radius 3 is 2.69 bits per heavy atom. The molecule has 1 aliphatic heterocycles. The number of hydrogen-bond acceptors (Lipinski definition) is 7. The molecule has 0 saturated carbocycles. The minimum Gasteiger partial charge on any atom is -0.492 e. The molecule has 2 heterocycles. The predicted octanol–water partition coefficient (Wildman–Crippen LogP) is 6.15. The van der Waals surface area contributed by atoms with Crippen molar-refractivity contribution in [3.05, 3.63) is 80.4 Å². The Balaban J connectivity index is 1.61. The molecule has 0 aliphatic carbocycles. The van der Waals surface area contributed by atoms with Gasteiger partial charge in [0, 0.05) is 23.8 Å². The number of halogens is 1. The second-order valence-electron chi connectivity index (χ2n) is 6.54. The van der Waals surface area contributed by atoms with Gasteiger partial charge in [0.25, 0.3) is 16.8 Å². The monoisotopic (exact) mass is 470 g/mol. The highest BCUT2D eigenvalue weighted by Gasteiger charge is 2.38. The summed E-state index contributed by atoms with van der Waals surface area (Å²) in [5, 5.41) is 10.6. The van der Waals surface area contributed by atoms with E-state index in [9.17, 15) is 19.7 Å². The summed E-state index contributed by atoms with van der Waals surface area (Å²) in [7, 11) is 0. The summed E-state index contributed by atoms with van der Waals surface area (Å²) in [4.78, 5) is 37.1. The van der Waals surface area contributed by atoms with Crippen LogP contribution in [0, 0.1) is 10.1 Å². The molecular formula is C22H15ClN2O6S. The fourth-order valence-corrected chi connectivity index (χ4v) is 4.20. The lowest BCUT2D eigenvalue weighted by Gasteiger charge is -2.16. The number of furan rings is 1. The van der Waals surface area contributed by atoms with Gasteiger partial charge in [0.15, 0.2) is 0 Å². The van der Waals surface area contributed by atoms with Crippen LogP contribution in [0.3, 0.4) is 0 Å². The maximum absolute atomic E-state index is 12.9. The highest BCUT2D eigenvalue weighted by molar-refractivity contribution is 8.19. The van der Waals surface area contributed by atoms with E-state index in [2.05, 4.69) is 0 Å². The van der Waals surface area contributed by atoms with Crippen LogP contribution in [-0.2, 0) is 4.79 Å². The first kappa shape index (κ1) is 21.7. The van der Waals surface area contributed by atoms with Gasteiger partial charge in [-0.3, -0.25) is 19.7 Å². The van der Waals surface area contributed by atoms with Gasteiger partial charge in [-0.1, -0.05) is 23.7 Å². The summed E-state index contributed by atoms with van der Waals surface area (Å²) in [6, 6.07) is 14.1. The summed E-state index contributed by atoms with van der Waals surface area (Å²) < 4.78 is 11.3. The number of nitrogens with zero attached hydrogens (tertiary/aromatic N) is 2. The smallest absolute Gasteiger partial charge is 0.298 e. The van der Waals surface area contributed by atoms with E-state index in [1.165, 1.54) is 24.3 Å². The summed E-state index contributed by atoms with van der Waals surface area (Å²) in [6.45, 7) is 2.21. The van der Waals surface area contributed by atoms with Gasteiger partial charge in [0.2, 0.25) is 0 Å². The molecule has 1 aliphatic rings. The third kappa shape index (κ3) is 4.12. The van der Waals surface area contributed by atoms with Gasteiger partial charge in [-0.25, -0.2) is 4.90 Å². The van der Waals surface area contributed by atoms with Gasteiger partial charge in [-0.15, -0.1) is 0 Å². The van der Waals surface area contributed by atoms with E-state index in [-0.39, 0.29) is 15.6 Å². The number of nitro benzene ring substituents is 1. The number of nitro groups is 1. The van der Waals surface area contributed by atoms with Crippen molar-refractivity contribution in [3.63, 3.8) is 0 Å². The summed E-state index contributed by atoms with van der Waals surface area (Å²) in [6.07, 6.45) is 1.47. The maximum Gasteiger partial charge on any atom is 0.298 e. The first-order valence-electron chi connectivity index (χ1n) is 9.43. The van der Waals surface area contributed by atoms with Crippen molar-refractivity contribution < 1.29 is 23.7 Å². The van der Waals surface area contributed by atoms with E-state index in [4.69, 9.17) is 20.8 Å². The molecule has 1 aromatic heterocycles. The number of ether oxygens (including phenoxy) is 1. The van der Waals surface area contributed by atoms with Crippen LogP contribution in [-0.4, -0.2) is 22.7 Å². The highest BCUT2D eigenvalue weighted by atomic mass is 35.5. The van der Waals surface area contributed by atoms with Gasteiger partial charge in [0.05, 0.1) is 27.1 Å². The first-order chi connectivity index (χ1) is 15.4. The molecule has 0 spiro atoms. The van der Waals surface area contributed by atoms with Crippen LogP contribution in [0.2, 0.25) is 5.02 Å².